The van der Waals surface area contributed by atoms with Gasteiger partial charge in [-0.15, -0.1) is 0 Å². The highest BCUT2D eigenvalue weighted by Crippen LogP contribution is 2.34. The van der Waals surface area contributed by atoms with E-state index in [-0.39, 0.29) is 23.6 Å². The summed E-state index contributed by atoms with van der Waals surface area (Å²) in [6.07, 6.45) is 12.3. The van der Waals surface area contributed by atoms with Gasteiger partial charge in [-0.1, -0.05) is 13.0 Å². The third kappa shape index (κ3) is 6.58. The van der Waals surface area contributed by atoms with E-state index in [0.29, 0.717) is 49.8 Å². The number of allylic oxidation sites excluding steroid dienone is 2. The van der Waals surface area contributed by atoms with Crippen molar-refractivity contribution in [1.82, 2.24) is 14.9 Å². The Balaban J connectivity index is 1.09. The van der Waals surface area contributed by atoms with Gasteiger partial charge in [0, 0.05) is 62.0 Å². The smallest absolute Gasteiger partial charge is 0.226 e. The fraction of sp³-hybridized carbons (Fsp3) is 0.548. The Labute approximate surface area is 230 Å². The van der Waals surface area contributed by atoms with Gasteiger partial charge in [-0.2, -0.15) is 5.26 Å². The van der Waals surface area contributed by atoms with Gasteiger partial charge >= 0.3 is 0 Å². The molecule has 5 rings (SSSR count). The molecule has 1 atom stereocenters. The molecule has 0 bridgehead atoms. The number of piperidine rings is 2. The van der Waals surface area contributed by atoms with Gasteiger partial charge < -0.3 is 14.5 Å². The second-order valence-electron chi connectivity index (χ2n) is 11.1. The molecule has 0 radical (unpaired) electrons. The van der Waals surface area contributed by atoms with Crippen LogP contribution in [0.4, 0.5) is 10.3 Å². The molecule has 3 aliphatic rings. The zero-order valence-corrected chi connectivity index (χ0v) is 22.8. The average Bonchev–Trinajstić information content (AvgIpc) is 3.00. The summed E-state index contributed by atoms with van der Waals surface area (Å²) >= 11 is 0. The van der Waals surface area contributed by atoms with Crippen LogP contribution in [0.15, 0.2) is 36.7 Å². The third-order valence-corrected chi connectivity index (χ3v) is 8.52. The predicted molar refractivity (Wildman–Crippen MR) is 148 cm³/mol. The van der Waals surface area contributed by atoms with E-state index in [1.807, 2.05) is 35.5 Å². The quantitative estimate of drug-likeness (QED) is 0.475. The molecule has 0 N–H and O–H groups in total. The van der Waals surface area contributed by atoms with Gasteiger partial charge in [0.25, 0.3) is 0 Å². The summed E-state index contributed by atoms with van der Waals surface area (Å²) in [5, 5.41) is 9.08. The fourth-order valence-corrected chi connectivity index (χ4v) is 5.84. The van der Waals surface area contributed by atoms with Crippen LogP contribution in [0.3, 0.4) is 0 Å². The van der Waals surface area contributed by atoms with Gasteiger partial charge in [-0.3, -0.25) is 4.79 Å². The number of ether oxygens (including phenoxy) is 1. The van der Waals surface area contributed by atoms with Crippen molar-refractivity contribution >= 4 is 17.4 Å². The second kappa shape index (κ2) is 12.6. The minimum absolute atomic E-state index is 0.0493. The number of nitriles is 1. The molecular weight excluding hydrogens is 493 g/mol. The molecule has 2 saturated heterocycles. The molecule has 0 saturated carbocycles. The maximum atomic E-state index is 15.1. The first-order valence-corrected chi connectivity index (χ1v) is 14.4. The Morgan fingerprint density at radius 3 is 2.46 bits per heavy atom. The van der Waals surface area contributed by atoms with Gasteiger partial charge in [0.2, 0.25) is 11.9 Å². The van der Waals surface area contributed by atoms with E-state index in [0.717, 1.165) is 68.7 Å². The van der Waals surface area contributed by atoms with E-state index >= 15 is 4.39 Å². The van der Waals surface area contributed by atoms with Crippen molar-refractivity contribution in [3.63, 3.8) is 0 Å². The minimum atomic E-state index is -0.274. The highest BCUT2D eigenvalue weighted by molar-refractivity contribution is 5.81. The number of hydrogen-bond donors (Lipinski definition) is 0. The molecule has 8 heteroatoms. The van der Waals surface area contributed by atoms with Crippen molar-refractivity contribution in [2.45, 2.75) is 58.3 Å². The molecule has 2 aliphatic heterocycles. The first-order valence-electron chi connectivity index (χ1n) is 14.4. The SMILES string of the molecule is CCc1cnc(N2CCC(COc3ccc(C4=CCC(C(=O)N5CCC(C#N)CC5)CC4)c(F)c3)CC2)nc1. The number of amides is 1. The average molecular weight is 532 g/mol. The molecule has 7 nitrogen and oxygen atoms in total. The Bertz CT molecular complexity index is 1210. The number of aromatic nitrogens is 2. The molecule has 206 valence electrons. The zero-order valence-electron chi connectivity index (χ0n) is 22.8. The lowest BCUT2D eigenvalue weighted by molar-refractivity contribution is -0.136. The van der Waals surface area contributed by atoms with Gasteiger partial charge in [-0.25, -0.2) is 14.4 Å². The summed E-state index contributed by atoms with van der Waals surface area (Å²) in [5.41, 5.74) is 2.71. The van der Waals surface area contributed by atoms with Crippen LogP contribution in [0.25, 0.3) is 5.57 Å². The van der Waals surface area contributed by atoms with Crippen molar-refractivity contribution < 1.29 is 13.9 Å². The van der Waals surface area contributed by atoms with Gasteiger partial charge in [0.1, 0.15) is 11.6 Å². The van der Waals surface area contributed by atoms with Gasteiger partial charge in [0.15, 0.2) is 0 Å². The van der Waals surface area contributed by atoms with E-state index in [9.17, 15) is 4.79 Å². The van der Waals surface area contributed by atoms with Crippen molar-refractivity contribution in [2.24, 2.45) is 17.8 Å². The lowest BCUT2D eigenvalue weighted by Crippen LogP contribution is -2.41. The summed E-state index contributed by atoms with van der Waals surface area (Å²) in [7, 11) is 0. The molecule has 1 unspecified atom stereocenters. The number of aryl methyl sites for hydroxylation is 1. The molecule has 2 aromatic rings. The summed E-state index contributed by atoms with van der Waals surface area (Å²) in [6, 6.07) is 7.47. The third-order valence-electron chi connectivity index (χ3n) is 8.52. The van der Waals surface area contributed by atoms with Crippen LogP contribution >= 0.6 is 0 Å². The largest absolute Gasteiger partial charge is 0.493 e. The number of carbonyl (C=O) groups excluding carboxylic acids is 1. The van der Waals surface area contributed by atoms with Crippen LogP contribution < -0.4 is 9.64 Å². The molecule has 1 aromatic heterocycles. The number of likely N-dealkylation sites (tertiary alicyclic amines) is 1. The van der Waals surface area contributed by atoms with Crippen molar-refractivity contribution in [3.8, 4) is 11.8 Å². The van der Waals surface area contributed by atoms with Crippen LogP contribution in [0.1, 0.15) is 63.0 Å². The molecule has 2 fully saturated rings. The normalized spacial score (nSPS) is 20.8. The summed E-state index contributed by atoms with van der Waals surface area (Å²) in [6.45, 7) is 5.78. The molecular formula is C31H38FN5O2. The monoisotopic (exact) mass is 531 g/mol. The Morgan fingerprint density at radius 1 is 1.10 bits per heavy atom. The summed E-state index contributed by atoms with van der Waals surface area (Å²) in [5.74, 6) is 1.69. The topological polar surface area (TPSA) is 82.4 Å². The Hall–Kier alpha value is -3.47. The molecule has 3 heterocycles. The predicted octanol–water partition coefficient (Wildman–Crippen LogP) is 5.42. The molecule has 39 heavy (non-hydrogen) atoms. The first kappa shape index (κ1) is 27.1. The molecule has 1 aromatic carbocycles. The van der Waals surface area contributed by atoms with Crippen molar-refractivity contribution in [2.75, 3.05) is 37.7 Å². The van der Waals surface area contributed by atoms with E-state index in [4.69, 9.17) is 10.00 Å². The van der Waals surface area contributed by atoms with Crippen LogP contribution in [0, 0.1) is 34.9 Å². The van der Waals surface area contributed by atoms with Gasteiger partial charge in [-0.05, 0) is 80.6 Å². The van der Waals surface area contributed by atoms with Crippen LogP contribution in [0.2, 0.25) is 0 Å². The maximum absolute atomic E-state index is 15.1. The standard InChI is InChI=1S/C31H38FN5O2/c1-2-22-19-34-31(35-20-22)37-15-11-24(12-16-37)21-39-27-7-8-28(29(32)17-27)25-3-5-26(6-4-25)30(38)36-13-9-23(18-33)10-14-36/h3,7-8,17,19-20,23-24,26H,2,4-6,9-16,21H2,1H3. The van der Waals surface area contributed by atoms with E-state index < -0.39 is 0 Å². The molecule has 0 spiro atoms. The molecule has 1 amide bonds. The number of rotatable bonds is 7. The second-order valence-corrected chi connectivity index (χ2v) is 11.1. The van der Waals surface area contributed by atoms with E-state index in [1.165, 1.54) is 6.07 Å². The lowest BCUT2D eigenvalue weighted by atomic mass is 9.85. The van der Waals surface area contributed by atoms with Crippen molar-refractivity contribution in [3.05, 3.63) is 53.6 Å². The summed E-state index contributed by atoms with van der Waals surface area (Å²) < 4.78 is 21.1. The van der Waals surface area contributed by atoms with E-state index in [1.54, 1.807) is 0 Å². The zero-order chi connectivity index (χ0) is 27.2. The highest BCUT2D eigenvalue weighted by atomic mass is 19.1. The van der Waals surface area contributed by atoms with Crippen LogP contribution in [-0.4, -0.2) is 53.6 Å². The van der Waals surface area contributed by atoms with Crippen LogP contribution in [-0.2, 0) is 11.2 Å². The number of nitrogens with zero attached hydrogens (tertiary/aromatic N) is 5. The maximum Gasteiger partial charge on any atom is 0.226 e. The van der Waals surface area contributed by atoms with Crippen LogP contribution in [0.5, 0.6) is 5.75 Å². The lowest BCUT2D eigenvalue weighted by Gasteiger charge is -2.33. The highest BCUT2D eigenvalue weighted by Gasteiger charge is 2.30. The van der Waals surface area contributed by atoms with E-state index in [2.05, 4.69) is 27.9 Å². The van der Waals surface area contributed by atoms with Crippen molar-refractivity contribution in [1.29, 1.82) is 5.26 Å². The first-order chi connectivity index (χ1) is 19.0. The number of anilines is 1. The number of halogens is 1. The fourth-order valence-electron chi connectivity index (χ4n) is 5.84. The number of benzene rings is 1. The minimum Gasteiger partial charge on any atom is -0.493 e. The Kier molecular flexibility index (Phi) is 8.75. The summed E-state index contributed by atoms with van der Waals surface area (Å²) in [4.78, 5) is 26.1. The number of carbonyl (C=O) groups is 1. The van der Waals surface area contributed by atoms with Gasteiger partial charge in [0.05, 0.1) is 12.7 Å². The number of hydrogen-bond acceptors (Lipinski definition) is 6. The Morgan fingerprint density at radius 2 is 1.85 bits per heavy atom. The molecule has 1 aliphatic carbocycles.